The monoisotopic (exact) mass is 330 g/mol. The molecule has 0 radical (unpaired) electrons. The molecule has 0 spiro atoms. The van der Waals surface area contributed by atoms with Gasteiger partial charge in [0.1, 0.15) is 0 Å². The van der Waals surface area contributed by atoms with Gasteiger partial charge < -0.3 is 4.90 Å². The first-order valence-corrected chi connectivity index (χ1v) is 9.13. The molecule has 1 aromatic carbocycles. The van der Waals surface area contributed by atoms with Crippen molar-refractivity contribution < 1.29 is 4.79 Å². The fourth-order valence-corrected chi connectivity index (χ4v) is 3.15. The van der Waals surface area contributed by atoms with Crippen LogP contribution >= 0.6 is 11.8 Å². The summed E-state index contributed by atoms with van der Waals surface area (Å²) < 4.78 is 0. The standard InChI is InChI=1S/C17H22N4OS/c1-2-10-21(11-13-8-9-13)15(22)12-23-17-18-16(19-20-17)14-6-4-3-5-7-14/h3-7,13H,2,8-12H2,1H3,(H,18,19,20). The Labute approximate surface area is 140 Å². The van der Waals surface area contributed by atoms with E-state index in [9.17, 15) is 4.79 Å². The Morgan fingerprint density at radius 3 is 2.83 bits per heavy atom. The Kier molecular flexibility index (Phi) is 5.33. The molecule has 5 nitrogen and oxygen atoms in total. The van der Waals surface area contributed by atoms with Gasteiger partial charge in [0.15, 0.2) is 5.82 Å². The summed E-state index contributed by atoms with van der Waals surface area (Å²) in [5.41, 5.74) is 1.000. The molecule has 0 saturated heterocycles. The maximum absolute atomic E-state index is 12.4. The number of aromatic amines is 1. The number of carbonyl (C=O) groups is 1. The molecule has 23 heavy (non-hydrogen) atoms. The molecule has 3 rings (SSSR count). The van der Waals surface area contributed by atoms with Gasteiger partial charge in [0.2, 0.25) is 11.1 Å². The average molecular weight is 330 g/mol. The lowest BCUT2D eigenvalue weighted by molar-refractivity contribution is -0.128. The molecular weight excluding hydrogens is 308 g/mol. The summed E-state index contributed by atoms with van der Waals surface area (Å²) >= 11 is 1.40. The fourth-order valence-electron chi connectivity index (χ4n) is 2.45. The lowest BCUT2D eigenvalue weighted by Crippen LogP contribution is -2.34. The van der Waals surface area contributed by atoms with Gasteiger partial charge in [-0.25, -0.2) is 4.98 Å². The van der Waals surface area contributed by atoms with E-state index in [0.717, 1.165) is 36.8 Å². The van der Waals surface area contributed by atoms with Crippen molar-refractivity contribution in [3.63, 3.8) is 0 Å². The molecule has 2 aromatic rings. The van der Waals surface area contributed by atoms with Crippen molar-refractivity contribution in [3.8, 4) is 11.4 Å². The highest BCUT2D eigenvalue weighted by molar-refractivity contribution is 7.99. The molecule has 1 saturated carbocycles. The van der Waals surface area contributed by atoms with E-state index < -0.39 is 0 Å². The first-order chi connectivity index (χ1) is 11.3. The van der Waals surface area contributed by atoms with E-state index in [0.29, 0.717) is 10.9 Å². The van der Waals surface area contributed by atoms with Gasteiger partial charge in [-0.15, -0.1) is 5.10 Å². The molecule has 1 aliphatic rings. The van der Waals surface area contributed by atoms with Crippen molar-refractivity contribution in [2.45, 2.75) is 31.3 Å². The first kappa shape index (κ1) is 16.1. The summed E-state index contributed by atoms with van der Waals surface area (Å²) in [5.74, 6) is 2.06. The van der Waals surface area contributed by atoms with Gasteiger partial charge in [0.25, 0.3) is 0 Å². The summed E-state index contributed by atoms with van der Waals surface area (Å²) in [7, 11) is 0. The highest BCUT2D eigenvalue weighted by Gasteiger charge is 2.26. The first-order valence-electron chi connectivity index (χ1n) is 8.14. The van der Waals surface area contributed by atoms with Gasteiger partial charge in [0.05, 0.1) is 5.75 Å². The summed E-state index contributed by atoms with van der Waals surface area (Å²) in [6, 6.07) is 9.87. The van der Waals surface area contributed by atoms with E-state index in [-0.39, 0.29) is 5.91 Å². The molecule has 6 heteroatoms. The van der Waals surface area contributed by atoms with Crippen LogP contribution in [0.4, 0.5) is 0 Å². The average Bonchev–Trinajstić information content (AvgIpc) is 3.27. The highest BCUT2D eigenvalue weighted by atomic mass is 32.2. The normalized spacial score (nSPS) is 14.0. The number of hydrogen-bond acceptors (Lipinski definition) is 4. The second kappa shape index (κ2) is 7.64. The molecular formula is C17H22N4OS. The number of aromatic nitrogens is 3. The largest absolute Gasteiger partial charge is 0.342 e. The Morgan fingerprint density at radius 2 is 2.13 bits per heavy atom. The van der Waals surface area contributed by atoms with Crippen LogP contribution < -0.4 is 0 Å². The Hall–Kier alpha value is -1.82. The van der Waals surface area contributed by atoms with E-state index in [4.69, 9.17) is 0 Å². The summed E-state index contributed by atoms with van der Waals surface area (Å²) in [5, 5.41) is 7.76. The van der Waals surface area contributed by atoms with E-state index >= 15 is 0 Å². The number of carbonyl (C=O) groups excluding carboxylic acids is 1. The molecule has 122 valence electrons. The quantitative estimate of drug-likeness (QED) is 0.755. The molecule has 1 heterocycles. The molecule has 0 bridgehead atoms. The summed E-state index contributed by atoms with van der Waals surface area (Å²) in [6.07, 6.45) is 3.53. The van der Waals surface area contributed by atoms with Crippen LogP contribution in [0.1, 0.15) is 26.2 Å². The van der Waals surface area contributed by atoms with Gasteiger partial charge >= 0.3 is 0 Å². The molecule has 1 aliphatic carbocycles. The van der Waals surface area contributed by atoms with E-state index in [1.165, 1.54) is 24.6 Å². The summed E-state index contributed by atoms with van der Waals surface area (Å²) in [6.45, 7) is 3.87. The topological polar surface area (TPSA) is 61.9 Å². The third-order valence-corrected chi connectivity index (χ3v) is 4.69. The Balaban J connectivity index is 1.55. The van der Waals surface area contributed by atoms with Crippen LogP contribution in [0.25, 0.3) is 11.4 Å². The van der Waals surface area contributed by atoms with Crippen LogP contribution in [0.3, 0.4) is 0 Å². The zero-order chi connectivity index (χ0) is 16.1. The lowest BCUT2D eigenvalue weighted by Gasteiger charge is -2.21. The van der Waals surface area contributed by atoms with Crippen LogP contribution in [0.15, 0.2) is 35.5 Å². The zero-order valence-electron chi connectivity index (χ0n) is 13.4. The molecule has 1 N–H and O–H groups in total. The number of hydrogen-bond donors (Lipinski definition) is 1. The number of nitrogens with one attached hydrogen (secondary N) is 1. The van der Waals surface area contributed by atoms with Crippen LogP contribution in [0, 0.1) is 5.92 Å². The predicted octanol–water partition coefficient (Wildman–Crippen LogP) is 3.21. The second-order valence-electron chi connectivity index (χ2n) is 5.90. The van der Waals surface area contributed by atoms with Crippen molar-refractivity contribution in [1.82, 2.24) is 20.1 Å². The molecule has 0 unspecified atom stereocenters. The van der Waals surface area contributed by atoms with Gasteiger partial charge in [-0.05, 0) is 25.2 Å². The Morgan fingerprint density at radius 1 is 1.35 bits per heavy atom. The SMILES string of the molecule is CCCN(CC1CC1)C(=O)CSc1n[nH]c(-c2ccccc2)n1. The second-order valence-corrected chi connectivity index (χ2v) is 6.85. The van der Waals surface area contributed by atoms with Crippen molar-refractivity contribution in [3.05, 3.63) is 30.3 Å². The van der Waals surface area contributed by atoms with Crippen LogP contribution in [0.5, 0.6) is 0 Å². The maximum Gasteiger partial charge on any atom is 0.233 e. The molecule has 0 atom stereocenters. The lowest BCUT2D eigenvalue weighted by atomic mass is 10.2. The minimum atomic E-state index is 0.190. The smallest absolute Gasteiger partial charge is 0.233 e. The van der Waals surface area contributed by atoms with Gasteiger partial charge in [-0.3, -0.25) is 9.89 Å². The van der Waals surface area contributed by atoms with Crippen LogP contribution in [-0.4, -0.2) is 44.8 Å². The molecule has 1 fully saturated rings. The van der Waals surface area contributed by atoms with Crippen LogP contribution in [0.2, 0.25) is 0 Å². The number of rotatable bonds is 8. The zero-order valence-corrected chi connectivity index (χ0v) is 14.2. The fraction of sp³-hybridized carbons (Fsp3) is 0.471. The predicted molar refractivity (Wildman–Crippen MR) is 92.1 cm³/mol. The van der Waals surface area contributed by atoms with Crippen molar-refractivity contribution in [2.75, 3.05) is 18.8 Å². The van der Waals surface area contributed by atoms with Crippen LogP contribution in [-0.2, 0) is 4.79 Å². The van der Waals surface area contributed by atoms with Crippen molar-refractivity contribution >= 4 is 17.7 Å². The maximum atomic E-state index is 12.4. The third kappa shape index (κ3) is 4.58. The molecule has 1 aromatic heterocycles. The van der Waals surface area contributed by atoms with E-state index in [2.05, 4.69) is 22.1 Å². The Bertz CT molecular complexity index is 639. The minimum Gasteiger partial charge on any atom is -0.342 e. The van der Waals surface area contributed by atoms with Gasteiger partial charge in [0, 0.05) is 18.7 Å². The summed E-state index contributed by atoms with van der Waals surface area (Å²) in [4.78, 5) is 18.8. The number of nitrogens with zero attached hydrogens (tertiary/aromatic N) is 3. The highest BCUT2D eigenvalue weighted by Crippen LogP contribution is 2.30. The number of benzene rings is 1. The van der Waals surface area contributed by atoms with Gasteiger partial charge in [-0.1, -0.05) is 49.0 Å². The number of amides is 1. The van der Waals surface area contributed by atoms with Crippen molar-refractivity contribution in [1.29, 1.82) is 0 Å². The molecule has 1 amide bonds. The number of thioether (sulfide) groups is 1. The third-order valence-electron chi connectivity index (χ3n) is 3.86. The molecule has 0 aliphatic heterocycles. The van der Waals surface area contributed by atoms with Crippen molar-refractivity contribution in [2.24, 2.45) is 5.92 Å². The van der Waals surface area contributed by atoms with Gasteiger partial charge in [-0.2, -0.15) is 0 Å². The van der Waals surface area contributed by atoms with E-state index in [1.54, 1.807) is 0 Å². The number of H-pyrrole nitrogens is 1. The van der Waals surface area contributed by atoms with E-state index in [1.807, 2.05) is 35.2 Å². The minimum absolute atomic E-state index is 0.190.